The maximum absolute atomic E-state index is 13.0. The summed E-state index contributed by atoms with van der Waals surface area (Å²) in [6, 6.07) is 14.6. The highest BCUT2D eigenvalue weighted by atomic mass is 19.1. The molecule has 2 atom stereocenters. The molecule has 1 saturated heterocycles. The SMILES string of the molecule is Cc1ccc(C(O)C2CCN(c3ccc(F)cc3)C2)cc1. The predicted octanol–water partition coefficient (Wildman–Crippen LogP) is 3.69. The van der Waals surface area contributed by atoms with E-state index < -0.39 is 6.10 Å². The Morgan fingerprint density at radius 3 is 2.43 bits per heavy atom. The van der Waals surface area contributed by atoms with E-state index >= 15 is 0 Å². The van der Waals surface area contributed by atoms with Gasteiger partial charge in [0.2, 0.25) is 0 Å². The van der Waals surface area contributed by atoms with Gasteiger partial charge in [-0.25, -0.2) is 4.39 Å². The summed E-state index contributed by atoms with van der Waals surface area (Å²) in [5.74, 6) is 0.00643. The summed E-state index contributed by atoms with van der Waals surface area (Å²) in [5, 5.41) is 10.5. The van der Waals surface area contributed by atoms with Crippen molar-refractivity contribution in [2.24, 2.45) is 5.92 Å². The third kappa shape index (κ3) is 3.08. The summed E-state index contributed by atoms with van der Waals surface area (Å²) >= 11 is 0. The van der Waals surface area contributed by atoms with Crippen LogP contribution in [-0.4, -0.2) is 18.2 Å². The lowest BCUT2D eigenvalue weighted by atomic mass is 9.94. The third-order valence-corrected chi connectivity index (χ3v) is 4.28. The van der Waals surface area contributed by atoms with Crippen molar-refractivity contribution in [3.63, 3.8) is 0 Å². The molecule has 0 bridgehead atoms. The molecular formula is C18H20FNO. The van der Waals surface area contributed by atoms with Crippen LogP contribution >= 0.6 is 0 Å². The van der Waals surface area contributed by atoms with Gasteiger partial charge in [0.25, 0.3) is 0 Å². The first-order valence-electron chi connectivity index (χ1n) is 7.38. The molecule has 0 amide bonds. The highest BCUT2D eigenvalue weighted by Gasteiger charge is 2.29. The quantitative estimate of drug-likeness (QED) is 0.929. The van der Waals surface area contributed by atoms with E-state index in [-0.39, 0.29) is 11.7 Å². The third-order valence-electron chi connectivity index (χ3n) is 4.28. The number of rotatable bonds is 3. The van der Waals surface area contributed by atoms with Gasteiger partial charge in [0.05, 0.1) is 6.10 Å². The standard InChI is InChI=1S/C18H20FNO/c1-13-2-4-14(5-3-13)18(21)15-10-11-20(12-15)17-8-6-16(19)7-9-17/h2-9,15,18,21H,10-12H2,1H3. The van der Waals surface area contributed by atoms with Crippen LogP contribution in [0, 0.1) is 18.7 Å². The van der Waals surface area contributed by atoms with E-state index in [0.717, 1.165) is 30.8 Å². The lowest BCUT2D eigenvalue weighted by Crippen LogP contribution is -2.22. The fourth-order valence-electron chi connectivity index (χ4n) is 2.97. The average molecular weight is 285 g/mol. The topological polar surface area (TPSA) is 23.5 Å². The Morgan fingerprint density at radius 2 is 1.76 bits per heavy atom. The molecule has 1 aliphatic rings. The smallest absolute Gasteiger partial charge is 0.123 e. The molecule has 2 nitrogen and oxygen atoms in total. The van der Waals surface area contributed by atoms with Crippen LogP contribution in [-0.2, 0) is 0 Å². The van der Waals surface area contributed by atoms with E-state index in [2.05, 4.69) is 4.90 Å². The molecule has 3 heteroatoms. The van der Waals surface area contributed by atoms with Gasteiger partial charge in [0, 0.05) is 24.7 Å². The summed E-state index contributed by atoms with van der Waals surface area (Å²) in [4.78, 5) is 2.21. The maximum Gasteiger partial charge on any atom is 0.123 e. The molecule has 110 valence electrons. The van der Waals surface area contributed by atoms with Gasteiger partial charge in [0.15, 0.2) is 0 Å². The molecule has 2 aromatic carbocycles. The van der Waals surface area contributed by atoms with Gasteiger partial charge in [-0.3, -0.25) is 0 Å². The fraction of sp³-hybridized carbons (Fsp3) is 0.333. The van der Waals surface area contributed by atoms with Crippen molar-refractivity contribution in [2.75, 3.05) is 18.0 Å². The Morgan fingerprint density at radius 1 is 1.10 bits per heavy atom. The molecular weight excluding hydrogens is 265 g/mol. The molecule has 0 saturated carbocycles. The van der Waals surface area contributed by atoms with E-state index in [1.54, 1.807) is 12.1 Å². The predicted molar refractivity (Wildman–Crippen MR) is 82.9 cm³/mol. The molecule has 21 heavy (non-hydrogen) atoms. The lowest BCUT2D eigenvalue weighted by Gasteiger charge is -2.21. The van der Waals surface area contributed by atoms with Crippen LogP contribution in [0.4, 0.5) is 10.1 Å². The van der Waals surface area contributed by atoms with Crippen molar-refractivity contribution in [3.8, 4) is 0 Å². The van der Waals surface area contributed by atoms with Crippen LogP contribution in [0.15, 0.2) is 48.5 Å². The maximum atomic E-state index is 13.0. The van der Waals surface area contributed by atoms with Crippen LogP contribution in [0.2, 0.25) is 0 Å². The van der Waals surface area contributed by atoms with E-state index in [0.29, 0.717) is 0 Å². The molecule has 2 aromatic rings. The minimum Gasteiger partial charge on any atom is -0.388 e. The molecule has 0 aliphatic carbocycles. The Hall–Kier alpha value is -1.87. The van der Waals surface area contributed by atoms with Crippen LogP contribution in [0.3, 0.4) is 0 Å². The van der Waals surface area contributed by atoms with Gasteiger partial charge in [0.1, 0.15) is 5.82 Å². The van der Waals surface area contributed by atoms with Gasteiger partial charge in [-0.2, -0.15) is 0 Å². The average Bonchev–Trinajstić information content (AvgIpc) is 2.98. The number of hydrogen-bond donors (Lipinski definition) is 1. The second-order valence-electron chi connectivity index (χ2n) is 5.83. The normalized spacial score (nSPS) is 19.8. The van der Waals surface area contributed by atoms with Crippen molar-refractivity contribution in [1.29, 1.82) is 0 Å². The van der Waals surface area contributed by atoms with Gasteiger partial charge in [-0.1, -0.05) is 29.8 Å². The second-order valence-corrected chi connectivity index (χ2v) is 5.83. The van der Waals surface area contributed by atoms with Gasteiger partial charge in [-0.15, -0.1) is 0 Å². The van der Waals surface area contributed by atoms with Crippen molar-refractivity contribution in [2.45, 2.75) is 19.4 Å². The Bertz CT molecular complexity index is 594. The number of anilines is 1. The summed E-state index contributed by atoms with van der Waals surface area (Å²) in [6.45, 7) is 3.75. The lowest BCUT2D eigenvalue weighted by molar-refractivity contribution is 0.119. The van der Waals surface area contributed by atoms with Crippen molar-refractivity contribution < 1.29 is 9.50 Å². The van der Waals surface area contributed by atoms with Crippen molar-refractivity contribution in [1.82, 2.24) is 0 Å². The number of aliphatic hydroxyl groups excluding tert-OH is 1. The zero-order valence-corrected chi connectivity index (χ0v) is 12.2. The van der Waals surface area contributed by atoms with Crippen LogP contribution in [0.1, 0.15) is 23.7 Å². The van der Waals surface area contributed by atoms with E-state index in [1.165, 1.54) is 17.7 Å². The molecule has 1 N–H and O–H groups in total. The summed E-state index contributed by atoms with van der Waals surface area (Å²) in [7, 11) is 0. The van der Waals surface area contributed by atoms with Crippen LogP contribution in [0.5, 0.6) is 0 Å². The molecule has 1 heterocycles. The van der Waals surface area contributed by atoms with E-state index in [4.69, 9.17) is 0 Å². The number of nitrogens with zero attached hydrogens (tertiary/aromatic N) is 1. The second kappa shape index (κ2) is 5.86. The summed E-state index contributed by atoms with van der Waals surface area (Å²) in [5.41, 5.74) is 3.20. The molecule has 2 unspecified atom stereocenters. The first-order chi connectivity index (χ1) is 10.1. The molecule has 1 aliphatic heterocycles. The van der Waals surface area contributed by atoms with Gasteiger partial charge < -0.3 is 10.0 Å². The first-order valence-corrected chi connectivity index (χ1v) is 7.38. The zero-order chi connectivity index (χ0) is 14.8. The van der Waals surface area contributed by atoms with Crippen molar-refractivity contribution >= 4 is 5.69 Å². The molecule has 0 radical (unpaired) electrons. The van der Waals surface area contributed by atoms with Gasteiger partial charge in [-0.05, 0) is 43.2 Å². The van der Waals surface area contributed by atoms with Gasteiger partial charge >= 0.3 is 0 Å². The largest absolute Gasteiger partial charge is 0.388 e. The first kappa shape index (κ1) is 14.1. The van der Waals surface area contributed by atoms with Crippen LogP contribution < -0.4 is 4.90 Å². The summed E-state index contributed by atoms with van der Waals surface area (Å²) < 4.78 is 13.0. The number of benzene rings is 2. The Labute approximate surface area is 124 Å². The van der Waals surface area contributed by atoms with E-state index in [9.17, 15) is 9.50 Å². The van der Waals surface area contributed by atoms with Crippen molar-refractivity contribution in [3.05, 3.63) is 65.5 Å². The van der Waals surface area contributed by atoms with E-state index in [1.807, 2.05) is 31.2 Å². The number of hydrogen-bond acceptors (Lipinski definition) is 2. The Balaban J connectivity index is 1.69. The minimum absolute atomic E-state index is 0.214. The zero-order valence-electron chi connectivity index (χ0n) is 12.2. The van der Waals surface area contributed by atoms with Crippen LogP contribution in [0.25, 0.3) is 0 Å². The Kier molecular flexibility index (Phi) is 3.93. The number of halogens is 1. The number of aryl methyl sites for hydroxylation is 1. The molecule has 3 rings (SSSR count). The molecule has 0 aromatic heterocycles. The minimum atomic E-state index is -0.434. The highest BCUT2D eigenvalue weighted by molar-refractivity contribution is 5.47. The summed E-state index contributed by atoms with van der Waals surface area (Å²) in [6.07, 6.45) is 0.517. The highest BCUT2D eigenvalue weighted by Crippen LogP contribution is 2.32. The molecule has 1 fully saturated rings. The monoisotopic (exact) mass is 285 g/mol. The number of aliphatic hydroxyl groups is 1. The fourth-order valence-corrected chi connectivity index (χ4v) is 2.97. The molecule has 0 spiro atoms.